The van der Waals surface area contributed by atoms with Gasteiger partial charge in [0, 0.05) is 25.5 Å². The molecule has 182 valence electrons. The third kappa shape index (κ3) is 5.38. The van der Waals surface area contributed by atoms with Gasteiger partial charge in [-0.25, -0.2) is 19.7 Å². The van der Waals surface area contributed by atoms with Crippen molar-refractivity contribution in [2.45, 2.75) is 51.1 Å². The van der Waals surface area contributed by atoms with Crippen molar-refractivity contribution in [1.29, 1.82) is 0 Å². The molecule has 2 N–H and O–H groups in total. The molecule has 1 saturated heterocycles. The van der Waals surface area contributed by atoms with Crippen LogP contribution in [0.25, 0.3) is 17.2 Å². The SMILES string of the molecule is CC(C)(C)OC(=O)N[C@H]1C[C@H](O)CN(c2ccnc(-c3cnc4ccc(C(F)(F)F)cn34)n2)C1. The Labute approximate surface area is 193 Å². The lowest BCUT2D eigenvalue weighted by molar-refractivity contribution is -0.137. The van der Waals surface area contributed by atoms with E-state index in [2.05, 4.69) is 20.3 Å². The quantitative estimate of drug-likeness (QED) is 0.595. The molecule has 0 unspecified atom stereocenters. The van der Waals surface area contributed by atoms with E-state index in [9.17, 15) is 23.1 Å². The van der Waals surface area contributed by atoms with Gasteiger partial charge >= 0.3 is 12.3 Å². The van der Waals surface area contributed by atoms with Crippen molar-refractivity contribution >= 4 is 17.6 Å². The first-order valence-electron chi connectivity index (χ1n) is 10.7. The van der Waals surface area contributed by atoms with Gasteiger partial charge in [-0.15, -0.1) is 0 Å². The molecule has 0 radical (unpaired) electrons. The van der Waals surface area contributed by atoms with Crippen LogP contribution < -0.4 is 10.2 Å². The number of alkyl carbamates (subject to hydrolysis) is 1. The number of piperidine rings is 1. The van der Waals surface area contributed by atoms with E-state index in [1.807, 2.05) is 0 Å². The summed E-state index contributed by atoms with van der Waals surface area (Å²) in [6, 6.07) is 3.50. The van der Waals surface area contributed by atoms with Crippen LogP contribution in [-0.4, -0.2) is 61.4 Å². The highest BCUT2D eigenvalue weighted by Crippen LogP contribution is 2.30. The number of carbonyl (C=O) groups excluding carboxylic acids is 1. The van der Waals surface area contributed by atoms with Crippen molar-refractivity contribution in [2.75, 3.05) is 18.0 Å². The van der Waals surface area contributed by atoms with E-state index >= 15 is 0 Å². The molecule has 0 aromatic carbocycles. The standard InChI is InChI=1S/C22H25F3N6O3/c1-21(2,3)34-20(33)28-14-8-15(32)12-30(11-14)18-6-7-26-19(29-18)16-9-27-17-5-4-13(10-31(16)17)22(23,24)25/h4-7,9-10,14-15,32H,8,11-12H2,1-3H3,(H,28,33)/t14-,15-/m0/s1. The van der Waals surface area contributed by atoms with Crippen LogP contribution in [-0.2, 0) is 10.9 Å². The maximum Gasteiger partial charge on any atom is 0.417 e. The monoisotopic (exact) mass is 478 g/mol. The Balaban J connectivity index is 1.58. The second-order valence-corrected chi connectivity index (χ2v) is 9.16. The summed E-state index contributed by atoms with van der Waals surface area (Å²) in [4.78, 5) is 26.8. The van der Waals surface area contributed by atoms with Crippen molar-refractivity contribution in [2.24, 2.45) is 0 Å². The minimum atomic E-state index is -4.50. The zero-order valence-corrected chi connectivity index (χ0v) is 18.9. The summed E-state index contributed by atoms with van der Waals surface area (Å²) >= 11 is 0. The highest BCUT2D eigenvalue weighted by molar-refractivity contribution is 5.68. The maximum absolute atomic E-state index is 13.2. The van der Waals surface area contributed by atoms with Crippen LogP contribution in [0, 0.1) is 0 Å². The molecule has 1 aliphatic heterocycles. The lowest BCUT2D eigenvalue weighted by atomic mass is 10.0. The van der Waals surface area contributed by atoms with Crippen molar-refractivity contribution < 1.29 is 27.8 Å². The summed E-state index contributed by atoms with van der Waals surface area (Å²) in [5.74, 6) is 0.641. The first-order chi connectivity index (χ1) is 15.9. The summed E-state index contributed by atoms with van der Waals surface area (Å²) in [6.07, 6.45) is -1.61. The fourth-order valence-corrected chi connectivity index (χ4v) is 3.80. The molecule has 1 aliphatic rings. The highest BCUT2D eigenvalue weighted by atomic mass is 19.4. The summed E-state index contributed by atoms with van der Waals surface area (Å²) < 4.78 is 46.1. The van der Waals surface area contributed by atoms with Gasteiger partial charge in [0.25, 0.3) is 0 Å². The fourth-order valence-electron chi connectivity index (χ4n) is 3.80. The van der Waals surface area contributed by atoms with Gasteiger partial charge in [-0.05, 0) is 45.4 Å². The number of hydrogen-bond donors (Lipinski definition) is 2. The summed E-state index contributed by atoms with van der Waals surface area (Å²) in [5, 5.41) is 13.1. The number of hydrogen-bond acceptors (Lipinski definition) is 7. The van der Waals surface area contributed by atoms with Gasteiger partial charge in [0.15, 0.2) is 5.82 Å². The first-order valence-corrected chi connectivity index (χ1v) is 10.7. The smallest absolute Gasteiger partial charge is 0.417 e. The maximum atomic E-state index is 13.2. The Morgan fingerprint density at radius 1 is 1.18 bits per heavy atom. The molecule has 4 rings (SSSR count). The minimum Gasteiger partial charge on any atom is -0.444 e. The number of aromatic nitrogens is 4. The number of β-amino-alcohol motifs (C(OH)–C–C–N with tert-alkyl or cyclic N) is 1. The minimum absolute atomic E-state index is 0.182. The number of anilines is 1. The largest absolute Gasteiger partial charge is 0.444 e. The van der Waals surface area contributed by atoms with Crippen LogP contribution in [0.2, 0.25) is 0 Å². The van der Waals surface area contributed by atoms with Crippen molar-refractivity contribution in [3.05, 3.63) is 42.4 Å². The topological polar surface area (TPSA) is 105 Å². The molecule has 2 atom stereocenters. The predicted octanol–water partition coefficient (Wildman–Crippen LogP) is 3.27. The number of ether oxygens (including phenoxy) is 1. The normalized spacial score (nSPS) is 19.3. The Hall–Kier alpha value is -3.41. The molecular formula is C22H25F3N6O3. The average Bonchev–Trinajstić information content (AvgIpc) is 3.14. The number of fused-ring (bicyclic) bond motifs is 1. The van der Waals surface area contributed by atoms with Crippen molar-refractivity contribution in [3.8, 4) is 11.5 Å². The van der Waals surface area contributed by atoms with Gasteiger partial charge in [0.1, 0.15) is 22.8 Å². The van der Waals surface area contributed by atoms with E-state index in [4.69, 9.17) is 4.74 Å². The van der Waals surface area contributed by atoms with Crippen LogP contribution >= 0.6 is 0 Å². The van der Waals surface area contributed by atoms with Crippen molar-refractivity contribution in [1.82, 2.24) is 24.7 Å². The predicted molar refractivity (Wildman–Crippen MR) is 117 cm³/mol. The van der Waals surface area contributed by atoms with Crippen LogP contribution in [0.5, 0.6) is 0 Å². The molecule has 0 saturated carbocycles. The molecule has 4 heterocycles. The first kappa shape index (κ1) is 23.7. The van der Waals surface area contributed by atoms with Gasteiger partial charge < -0.3 is 20.1 Å². The fraction of sp³-hybridized carbons (Fsp3) is 0.455. The van der Waals surface area contributed by atoms with Gasteiger partial charge in [0.05, 0.1) is 23.9 Å². The number of pyridine rings is 1. The number of alkyl halides is 3. The number of aliphatic hydroxyl groups is 1. The second-order valence-electron chi connectivity index (χ2n) is 9.16. The zero-order chi connectivity index (χ0) is 24.7. The van der Waals surface area contributed by atoms with E-state index in [0.717, 1.165) is 12.3 Å². The number of amides is 1. The number of rotatable bonds is 3. The van der Waals surface area contributed by atoms with E-state index in [0.29, 0.717) is 30.1 Å². The van der Waals surface area contributed by atoms with E-state index in [1.165, 1.54) is 22.9 Å². The zero-order valence-electron chi connectivity index (χ0n) is 18.9. The summed E-state index contributed by atoms with van der Waals surface area (Å²) in [5.41, 5.74) is -0.847. The molecular weight excluding hydrogens is 453 g/mol. The summed E-state index contributed by atoms with van der Waals surface area (Å²) in [7, 11) is 0. The second kappa shape index (κ2) is 8.75. The molecule has 0 spiro atoms. The number of nitrogens with one attached hydrogen (secondary N) is 1. The van der Waals surface area contributed by atoms with Crippen LogP contribution in [0.3, 0.4) is 0 Å². The molecule has 3 aromatic rings. The third-order valence-corrected chi connectivity index (χ3v) is 5.18. The van der Waals surface area contributed by atoms with Crippen molar-refractivity contribution in [3.63, 3.8) is 0 Å². The van der Waals surface area contributed by atoms with Crippen LogP contribution in [0.4, 0.5) is 23.8 Å². The number of halogens is 3. The molecule has 34 heavy (non-hydrogen) atoms. The van der Waals surface area contributed by atoms with Crippen LogP contribution in [0.15, 0.2) is 36.8 Å². The van der Waals surface area contributed by atoms with Gasteiger partial charge in [-0.2, -0.15) is 13.2 Å². The summed E-state index contributed by atoms with van der Waals surface area (Å²) in [6.45, 7) is 5.91. The third-order valence-electron chi connectivity index (χ3n) is 5.18. The Bertz CT molecular complexity index is 1190. The molecule has 1 amide bonds. The lowest BCUT2D eigenvalue weighted by Gasteiger charge is -2.37. The highest BCUT2D eigenvalue weighted by Gasteiger charge is 2.32. The number of carbonyl (C=O) groups is 1. The van der Waals surface area contributed by atoms with Gasteiger partial charge in [-0.3, -0.25) is 4.40 Å². The molecule has 12 heteroatoms. The molecule has 0 aliphatic carbocycles. The van der Waals surface area contributed by atoms with Crippen LogP contribution in [0.1, 0.15) is 32.8 Å². The van der Waals surface area contributed by atoms with E-state index in [1.54, 1.807) is 31.7 Å². The lowest BCUT2D eigenvalue weighted by Crippen LogP contribution is -2.53. The number of nitrogens with zero attached hydrogens (tertiary/aromatic N) is 5. The van der Waals surface area contributed by atoms with E-state index < -0.39 is 29.5 Å². The Morgan fingerprint density at radius 2 is 1.94 bits per heavy atom. The van der Waals surface area contributed by atoms with E-state index in [-0.39, 0.29) is 18.4 Å². The Kier molecular flexibility index (Phi) is 6.11. The molecule has 9 nitrogen and oxygen atoms in total. The molecule has 1 fully saturated rings. The molecule has 0 bridgehead atoms. The van der Waals surface area contributed by atoms with Gasteiger partial charge in [0.2, 0.25) is 0 Å². The average molecular weight is 478 g/mol. The number of imidazole rings is 1. The molecule has 3 aromatic heterocycles. The van der Waals surface area contributed by atoms with Gasteiger partial charge in [-0.1, -0.05) is 0 Å². The Morgan fingerprint density at radius 3 is 2.65 bits per heavy atom. The number of aliphatic hydroxyl groups excluding tert-OH is 1.